The summed E-state index contributed by atoms with van der Waals surface area (Å²) in [7, 11) is 0. The summed E-state index contributed by atoms with van der Waals surface area (Å²) in [4.78, 5) is 26.1. The third kappa shape index (κ3) is 4.17. The molecule has 0 saturated carbocycles. The molecule has 0 bridgehead atoms. The molecule has 26 heavy (non-hydrogen) atoms. The molecule has 1 aliphatic heterocycles. The summed E-state index contributed by atoms with van der Waals surface area (Å²) in [6.45, 7) is 3.02. The quantitative estimate of drug-likeness (QED) is 0.727. The molecule has 0 aliphatic carbocycles. The van der Waals surface area contributed by atoms with Gasteiger partial charge in [0, 0.05) is 29.2 Å². The van der Waals surface area contributed by atoms with Crippen LogP contribution in [0.3, 0.4) is 0 Å². The lowest BCUT2D eigenvalue weighted by Crippen LogP contribution is -2.37. The molecule has 1 heterocycles. The number of ether oxygens (including phenoxy) is 2. The summed E-state index contributed by atoms with van der Waals surface area (Å²) < 4.78 is 10.4. The van der Waals surface area contributed by atoms with Gasteiger partial charge in [0.05, 0.1) is 6.61 Å². The highest BCUT2D eigenvalue weighted by molar-refractivity contribution is 6.30. The van der Waals surface area contributed by atoms with E-state index in [1.807, 2.05) is 24.3 Å². The van der Waals surface area contributed by atoms with Crippen LogP contribution < -0.4 is 4.74 Å². The summed E-state index contributed by atoms with van der Waals surface area (Å²) in [5.41, 5.74) is 2.49. The highest BCUT2D eigenvalue weighted by Gasteiger charge is 2.26. The topological polar surface area (TPSA) is 55.8 Å². The fourth-order valence-corrected chi connectivity index (χ4v) is 3.10. The molecule has 1 amide bonds. The van der Waals surface area contributed by atoms with Crippen molar-refractivity contribution in [2.45, 2.75) is 19.9 Å². The maximum Gasteiger partial charge on any atom is 0.344 e. The molecule has 1 aliphatic rings. The molecule has 0 atom stereocenters. The Hall–Kier alpha value is -2.53. The zero-order valence-corrected chi connectivity index (χ0v) is 15.3. The molecule has 0 N–H and O–H groups in total. The van der Waals surface area contributed by atoms with Crippen LogP contribution in [0.1, 0.15) is 28.4 Å². The van der Waals surface area contributed by atoms with Gasteiger partial charge in [-0.3, -0.25) is 4.79 Å². The van der Waals surface area contributed by atoms with Gasteiger partial charge in [-0.15, -0.1) is 0 Å². The SMILES string of the molecule is CCOC(=O)COc1cccc2c1CCN(Cc1ccc(Cl)cc1)C2=O. The van der Waals surface area contributed by atoms with Crippen molar-refractivity contribution in [1.29, 1.82) is 0 Å². The van der Waals surface area contributed by atoms with Gasteiger partial charge < -0.3 is 14.4 Å². The summed E-state index contributed by atoms with van der Waals surface area (Å²) >= 11 is 5.91. The molecule has 0 unspecified atom stereocenters. The van der Waals surface area contributed by atoms with Crippen LogP contribution >= 0.6 is 11.6 Å². The Balaban J connectivity index is 1.72. The Morgan fingerprint density at radius 1 is 1.19 bits per heavy atom. The van der Waals surface area contributed by atoms with E-state index in [9.17, 15) is 9.59 Å². The molecule has 0 saturated heterocycles. The maximum absolute atomic E-state index is 12.8. The molecule has 2 aromatic rings. The van der Waals surface area contributed by atoms with Crippen LogP contribution in [0.15, 0.2) is 42.5 Å². The normalized spacial score (nSPS) is 13.3. The number of nitrogens with zero attached hydrogens (tertiary/aromatic N) is 1. The first-order chi connectivity index (χ1) is 12.6. The van der Waals surface area contributed by atoms with Gasteiger partial charge >= 0.3 is 5.97 Å². The van der Waals surface area contributed by atoms with Crippen molar-refractivity contribution in [3.63, 3.8) is 0 Å². The van der Waals surface area contributed by atoms with Crippen molar-refractivity contribution in [2.75, 3.05) is 19.8 Å². The number of esters is 1. The number of carbonyl (C=O) groups excluding carboxylic acids is 2. The van der Waals surface area contributed by atoms with Crippen molar-refractivity contribution in [2.24, 2.45) is 0 Å². The third-order valence-electron chi connectivity index (χ3n) is 4.22. The number of halogens is 1. The van der Waals surface area contributed by atoms with E-state index in [1.54, 1.807) is 30.0 Å². The average Bonchev–Trinajstić information content (AvgIpc) is 2.64. The Labute approximate surface area is 157 Å². The number of benzene rings is 2. The summed E-state index contributed by atoms with van der Waals surface area (Å²) in [5.74, 6) is 0.106. The number of fused-ring (bicyclic) bond motifs is 1. The van der Waals surface area contributed by atoms with Crippen LogP contribution in [0.5, 0.6) is 5.75 Å². The monoisotopic (exact) mass is 373 g/mol. The summed E-state index contributed by atoms with van der Waals surface area (Å²) in [5, 5.41) is 0.674. The lowest BCUT2D eigenvalue weighted by Gasteiger charge is -2.29. The first kappa shape index (κ1) is 18.3. The van der Waals surface area contributed by atoms with Gasteiger partial charge in [-0.25, -0.2) is 4.79 Å². The van der Waals surface area contributed by atoms with E-state index in [0.717, 1.165) is 11.1 Å². The van der Waals surface area contributed by atoms with E-state index in [1.165, 1.54) is 0 Å². The van der Waals surface area contributed by atoms with Crippen LogP contribution in [-0.4, -0.2) is 36.5 Å². The molecule has 136 valence electrons. The highest BCUT2D eigenvalue weighted by Crippen LogP contribution is 2.29. The molecule has 0 radical (unpaired) electrons. The van der Waals surface area contributed by atoms with Crippen molar-refractivity contribution < 1.29 is 19.1 Å². The van der Waals surface area contributed by atoms with Crippen LogP contribution in [0.2, 0.25) is 5.02 Å². The second-order valence-electron chi connectivity index (χ2n) is 5.98. The van der Waals surface area contributed by atoms with E-state index in [-0.39, 0.29) is 12.5 Å². The number of carbonyl (C=O) groups is 2. The van der Waals surface area contributed by atoms with Gasteiger partial charge in [0.25, 0.3) is 5.91 Å². The number of hydrogen-bond donors (Lipinski definition) is 0. The lowest BCUT2D eigenvalue weighted by atomic mass is 9.97. The van der Waals surface area contributed by atoms with E-state index < -0.39 is 5.97 Å². The number of rotatable bonds is 6. The maximum atomic E-state index is 12.8. The molecule has 0 spiro atoms. The first-order valence-electron chi connectivity index (χ1n) is 8.52. The van der Waals surface area contributed by atoms with Gasteiger partial charge in [0.2, 0.25) is 0 Å². The highest BCUT2D eigenvalue weighted by atomic mass is 35.5. The molecular weight excluding hydrogens is 354 g/mol. The minimum atomic E-state index is -0.420. The third-order valence-corrected chi connectivity index (χ3v) is 4.47. The standard InChI is InChI=1S/C20H20ClNO4/c1-2-25-19(23)13-26-18-5-3-4-17-16(18)10-11-22(20(17)24)12-14-6-8-15(21)9-7-14/h3-9H,2,10-13H2,1H3. The van der Waals surface area contributed by atoms with Gasteiger partial charge in [-0.05, 0) is 43.2 Å². The van der Waals surface area contributed by atoms with Crippen LogP contribution in [0.4, 0.5) is 0 Å². The molecule has 2 aromatic carbocycles. The van der Waals surface area contributed by atoms with Crippen molar-refractivity contribution in [1.82, 2.24) is 4.90 Å². The zero-order valence-electron chi connectivity index (χ0n) is 14.5. The van der Waals surface area contributed by atoms with Crippen LogP contribution in [0.25, 0.3) is 0 Å². The second-order valence-corrected chi connectivity index (χ2v) is 6.42. The van der Waals surface area contributed by atoms with Gasteiger partial charge in [-0.1, -0.05) is 29.8 Å². The van der Waals surface area contributed by atoms with Crippen molar-refractivity contribution in [3.05, 3.63) is 64.2 Å². The number of amides is 1. The van der Waals surface area contributed by atoms with E-state index in [2.05, 4.69) is 0 Å². The lowest BCUT2D eigenvalue weighted by molar-refractivity contribution is -0.145. The largest absolute Gasteiger partial charge is 0.482 e. The van der Waals surface area contributed by atoms with E-state index in [0.29, 0.717) is 42.5 Å². The van der Waals surface area contributed by atoms with Crippen LogP contribution in [-0.2, 0) is 22.5 Å². The Morgan fingerprint density at radius 3 is 2.69 bits per heavy atom. The van der Waals surface area contributed by atoms with Gasteiger partial charge in [-0.2, -0.15) is 0 Å². The molecule has 6 heteroatoms. The molecule has 5 nitrogen and oxygen atoms in total. The van der Waals surface area contributed by atoms with Crippen molar-refractivity contribution >= 4 is 23.5 Å². The average molecular weight is 374 g/mol. The van der Waals surface area contributed by atoms with E-state index in [4.69, 9.17) is 21.1 Å². The smallest absolute Gasteiger partial charge is 0.344 e. The minimum absolute atomic E-state index is 0.0391. The zero-order chi connectivity index (χ0) is 18.5. The Bertz CT molecular complexity index is 804. The second kappa shape index (κ2) is 8.23. The fourth-order valence-electron chi connectivity index (χ4n) is 2.98. The fraction of sp³-hybridized carbons (Fsp3) is 0.300. The molecule has 3 rings (SSSR count). The van der Waals surface area contributed by atoms with Gasteiger partial charge in [0.1, 0.15) is 5.75 Å². The predicted molar refractivity (Wildman–Crippen MR) is 98.5 cm³/mol. The summed E-state index contributed by atoms with van der Waals surface area (Å²) in [6, 6.07) is 12.8. The molecule has 0 aromatic heterocycles. The van der Waals surface area contributed by atoms with Gasteiger partial charge in [0.15, 0.2) is 6.61 Å². The Morgan fingerprint density at radius 2 is 1.96 bits per heavy atom. The Kier molecular flexibility index (Phi) is 5.78. The summed E-state index contributed by atoms with van der Waals surface area (Å²) in [6.07, 6.45) is 0.674. The number of hydrogen-bond acceptors (Lipinski definition) is 4. The molecular formula is C20H20ClNO4. The predicted octanol–water partition coefficient (Wildman–Crippen LogP) is 3.48. The molecule has 0 fully saturated rings. The van der Waals surface area contributed by atoms with E-state index >= 15 is 0 Å². The minimum Gasteiger partial charge on any atom is -0.482 e. The van der Waals surface area contributed by atoms with Crippen molar-refractivity contribution in [3.8, 4) is 5.75 Å². The first-order valence-corrected chi connectivity index (χ1v) is 8.90. The van der Waals surface area contributed by atoms with Crippen LogP contribution in [0, 0.1) is 0 Å².